The summed E-state index contributed by atoms with van der Waals surface area (Å²) in [6, 6.07) is 15.7. The first-order valence-electron chi connectivity index (χ1n) is 10.5. The fourth-order valence-electron chi connectivity index (χ4n) is 3.76. The first-order valence-corrected chi connectivity index (χ1v) is 11.4. The van der Waals surface area contributed by atoms with Gasteiger partial charge in [-0.15, -0.1) is 10.2 Å². The molecule has 0 aliphatic carbocycles. The Kier molecular flexibility index (Phi) is 6.41. The minimum Gasteiger partial charge on any atom is -0.370 e. The van der Waals surface area contributed by atoms with Gasteiger partial charge in [0.1, 0.15) is 11.1 Å². The third-order valence-electron chi connectivity index (χ3n) is 5.53. The zero-order valence-corrected chi connectivity index (χ0v) is 18.9. The van der Waals surface area contributed by atoms with Crippen molar-refractivity contribution in [3.05, 3.63) is 77.2 Å². The van der Waals surface area contributed by atoms with Crippen LogP contribution in [0.15, 0.2) is 59.9 Å². The van der Waals surface area contributed by atoms with Crippen LogP contribution in [0.25, 0.3) is 10.9 Å². The Morgan fingerprint density at radius 3 is 2.62 bits per heavy atom. The first-order chi connectivity index (χ1) is 15.5. The largest absolute Gasteiger partial charge is 0.370 e. The number of carbonyl (C=O) groups is 2. The topological polar surface area (TPSA) is 107 Å². The minimum absolute atomic E-state index is 0.00221. The van der Waals surface area contributed by atoms with Crippen LogP contribution in [0.5, 0.6) is 0 Å². The molecule has 2 aromatic carbocycles. The Bertz CT molecular complexity index is 1260. The number of benzene rings is 2. The van der Waals surface area contributed by atoms with Crippen molar-refractivity contribution in [1.82, 2.24) is 19.7 Å². The number of thioether (sulfide) groups is 1. The minimum atomic E-state index is -0.493. The van der Waals surface area contributed by atoms with Crippen molar-refractivity contribution >= 4 is 34.4 Å². The molecule has 3 N–H and O–H groups in total. The highest BCUT2D eigenvalue weighted by Crippen LogP contribution is 2.38. The molecule has 4 rings (SSSR count). The standard InChI is InChI=1S/C24H25N5O2S/c1-3-15-10-7-11-17-18(14-26-21(15)17)22(31)23(16-8-5-4-6-9-16)32-24-28-27-20(29(24)2)13-12-19(25)30/h4-11,14,23,26H,3,12-13H2,1-2H3,(H2,25,30). The summed E-state index contributed by atoms with van der Waals surface area (Å²) in [7, 11) is 1.84. The highest BCUT2D eigenvalue weighted by molar-refractivity contribution is 8.00. The number of primary amides is 1. The second-order valence-electron chi connectivity index (χ2n) is 7.59. The molecule has 1 atom stereocenters. The Morgan fingerprint density at radius 2 is 1.91 bits per heavy atom. The maximum absolute atomic E-state index is 13.8. The zero-order chi connectivity index (χ0) is 22.7. The van der Waals surface area contributed by atoms with Crippen molar-refractivity contribution in [2.75, 3.05) is 0 Å². The van der Waals surface area contributed by atoms with Crippen LogP contribution in [0, 0.1) is 0 Å². The van der Waals surface area contributed by atoms with E-state index in [9.17, 15) is 9.59 Å². The van der Waals surface area contributed by atoms with Crippen molar-refractivity contribution in [3.63, 3.8) is 0 Å². The van der Waals surface area contributed by atoms with E-state index in [1.54, 1.807) is 6.20 Å². The van der Waals surface area contributed by atoms with E-state index < -0.39 is 5.25 Å². The van der Waals surface area contributed by atoms with Crippen molar-refractivity contribution in [1.29, 1.82) is 0 Å². The van der Waals surface area contributed by atoms with Gasteiger partial charge >= 0.3 is 0 Å². The molecule has 0 bridgehead atoms. The van der Waals surface area contributed by atoms with Crippen LogP contribution in [0.4, 0.5) is 0 Å². The lowest BCUT2D eigenvalue weighted by Crippen LogP contribution is -2.13. The number of nitrogens with zero attached hydrogens (tertiary/aromatic N) is 3. The van der Waals surface area contributed by atoms with Gasteiger partial charge in [0.2, 0.25) is 5.91 Å². The van der Waals surface area contributed by atoms with Crippen molar-refractivity contribution in [2.24, 2.45) is 12.8 Å². The number of hydrogen-bond donors (Lipinski definition) is 2. The molecule has 1 unspecified atom stereocenters. The van der Waals surface area contributed by atoms with Gasteiger partial charge in [0.25, 0.3) is 0 Å². The molecule has 7 nitrogen and oxygen atoms in total. The summed E-state index contributed by atoms with van der Waals surface area (Å²) >= 11 is 1.36. The molecular formula is C24H25N5O2S. The van der Waals surface area contributed by atoms with Crippen LogP contribution in [0.3, 0.4) is 0 Å². The molecule has 0 saturated heterocycles. The van der Waals surface area contributed by atoms with Crippen LogP contribution < -0.4 is 5.73 Å². The monoisotopic (exact) mass is 447 g/mol. The van der Waals surface area contributed by atoms with Crippen LogP contribution in [-0.4, -0.2) is 31.4 Å². The van der Waals surface area contributed by atoms with E-state index in [1.165, 1.54) is 17.3 Å². The summed E-state index contributed by atoms with van der Waals surface area (Å²) in [5.74, 6) is 0.276. The fraction of sp³-hybridized carbons (Fsp3) is 0.250. The van der Waals surface area contributed by atoms with E-state index in [0.29, 0.717) is 23.0 Å². The number of rotatable bonds is 9. The van der Waals surface area contributed by atoms with Crippen LogP contribution >= 0.6 is 11.8 Å². The molecular weight excluding hydrogens is 422 g/mol. The number of H-pyrrole nitrogens is 1. The number of nitrogens with one attached hydrogen (secondary N) is 1. The second kappa shape index (κ2) is 9.40. The summed E-state index contributed by atoms with van der Waals surface area (Å²) in [5, 5.41) is 9.52. The lowest BCUT2D eigenvalue weighted by atomic mass is 10.0. The molecule has 0 spiro atoms. The Morgan fingerprint density at radius 1 is 1.12 bits per heavy atom. The summed E-state index contributed by atoms with van der Waals surface area (Å²) in [5.41, 5.74) is 9.00. The van der Waals surface area contributed by atoms with E-state index >= 15 is 0 Å². The number of hydrogen-bond acceptors (Lipinski definition) is 5. The average molecular weight is 448 g/mol. The molecule has 0 saturated carbocycles. The summed E-state index contributed by atoms with van der Waals surface area (Å²) in [6.07, 6.45) is 3.30. The summed E-state index contributed by atoms with van der Waals surface area (Å²) < 4.78 is 1.82. The van der Waals surface area contributed by atoms with Gasteiger partial charge in [-0.25, -0.2) is 0 Å². The molecule has 8 heteroatoms. The lowest BCUT2D eigenvalue weighted by molar-refractivity contribution is -0.118. The number of aromatic amines is 1. The van der Waals surface area contributed by atoms with E-state index in [1.807, 2.05) is 54.1 Å². The maximum Gasteiger partial charge on any atom is 0.217 e. The second-order valence-corrected chi connectivity index (χ2v) is 8.66. The van der Waals surface area contributed by atoms with Crippen molar-refractivity contribution < 1.29 is 9.59 Å². The molecule has 0 aliphatic rings. The average Bonchev–Trinajstić information content (AvgIpc) is 3.39. The first kappa shape index (κ1) is 21.8. The van der Waals surface area contributed by atoms with Gasteiger partial charge in [-0.3, -0.25) is 9.59 Å². The van der Waals surface area contributed by atoms with Gasteiger partial charge in [-0.1, -0.05) is 67.2 Å². The third kappa shape index (κ3) is 4.31. The third-order valence-corrected chi connectivity index (χ3v) is 6.82. The number of amides is 1. The molecule has 2 heterocycles. The van der Waals surface area contributed by atoms with Crippen molar-refractivity contribution in [3.8, 4) is 0 Å². The Hall–Kier alpha value is -3.39. The number of fused-ring (bicyclic) bond motifs is 1. The van der Waals surface area contributed by atoms with Gasteiger partial charge in [-0.05, 0) is 17.5 Å². The molecule has 32 heavy (non-hydrogen) atoms. The Balaban J connectivity index is 1.70. The van der Waals surface area contributed by atoms with Gasteiger partial charge in [0.15, 0.2) is 10.9 Å². The fourth-order valence-corrected chi connectivity index (χ4v) is 4.85. The van der Waals surface area contributed by atoms with Crippen LogP contribution in [0.2, 0.25) is 0 Å². The smallest absolute Gasteiger partial charge is 0.217 e. The highest BCUT2D eigenvalue weighted by atomic mass is 32.2. The van der Waals surface area contributed by atoms with Gasteiger partial charge in [0.05, 0.1) is 0 Å². The quantitative estimate of drug-likeness (QED) is 0.298. The number of ketones is 1. The predicted octanol–water partition coefficient (Wildman–Crippen LogP) is 3.99. The molecule has 1 amide bonds. The van der Waals surface area contributed by atoms with Crippen LogP contribution in [0.1, 0.15) is 45.9 Å². The molecule has 0 radical (unpaired) electrons. The number of Topliss-reactive ketones (excluding diaryl/α,β-unsaturated/α-hetero) is 1. The molecule has 2 aromatic heterocycles. The Labute approximate surface area is 190 Å². The zero-order valence-electron chi connectivity index (χ0n) is 18.0. The highest BCUT2D eigenvalue weighted by Gasteiger charge is 2.28. The number of aryl methyl sites for hydroxylation is 2. The van der Waals surface area contributed by atoms with Crippen molar-refractivity contribution in [2.45, 2.75) is 36.6 Å². The van der Waals surface area contributed by atoms with E-state index in [2.05, 4.69) is 28.2 Å². The number of carbonyl (C=O) groups excluding carboxylic acids is 2. The van der Waals surface area contributed by atoms with Gasteiger partial charge in [0, 0.05) is 42.6 Å². The SMILES string of the molecule is CCc1cccc2c(C(=O)C(Sc3nnc(CCC(N)=O)n3C)c3ccccc3)c[nH]c12. The predicted molar refractivity (Wildman–Crippen MR) is 126 cm³/mol. The van der Waals surface area contributed by atoms with Crippen LogP contribution in [-0.2, 0) is 24.7 Å². The summed E-state index contributed by atoms with van der Waals surface area (Å²) in [6.45, 7) is 2.10. The van der Waals surface area contributed by atoms with E-state index in [-0.39, 0.29) is 18.1 Å². The van der Waals surface area contributed by atoms with Gasteiger partial charge < -0.3 is 15.3 Å². The molecule has 164 valence electrons. The molecule has 4 aromatic rings. The normalized spacial score (nSPS) is 12.2. The van der Waals surface area contributed by atoms with Gasteiger partial charge in [-0.2, -0.15) is 0 Å². The number of aromatic nitrogens is 4. The van der Waals surface area contributed by atoms with E-state index in [0.717, 1.165) is 22.9 Å². The summed E-state index contributed by atoms with van der Waals surface area (Å²) in [4.78, 5) is 28.2. The number of para-hydroxylation sites is 1. The maximum atomic E-state index is 13.8. The molecule has 0 fully saturated rings. The molecule has 0 aliphatic heterocycles. The van der Waals surface area contributed by atoms with E-state index in [4.69, 9.17) is 5.73 Å². The number of nitrogens with two attached hydrogens (primary N) is 1. The lowest BCUT2D eigenvalue weighted by Gasteiger charge is -2.15.